The van der Waals surface area contributed by atoms with E-state index < -0.39 is 0 Å². The van der Waals surface area contributed by atoms with Crippen molar-refractivity contribution in [3.05, 3.63) is 42.6 Å². The van der Waals surface area contributed by atoms with Crippen molar-refractivity contribution in [2.75, 3.05) is 36.4 Å². The third-order valence-electron chi connectivity index (χ3n) is 3.72. The van der Waals surface area contributed by atoms with Crippen LogP contribution < -0.4 is 10.2 Å². The molecule has 0 spiro atoms. The molecule has 1 saturated heterocycles. The van der Waals surface area contributed by atoms with Gasteiger partial charge in [-0.25, -0.2) is 4.98 Å². The van der Waals surface area contributed by atoms with Crippen LogP contribution in [0.4, 0.5) is 17.5 Å². The van der Waals surface area contributed by atoms with Crippen molar-refractivity contribution in [2.24, 2.45) is 0 Å². The van der Waals surface area contributed by atoms with Gasteiger partial charge in [-0.1, -0.05) is 18.2 Å². The Morgan fingerprint density at radius 1 is 1.09 bits per heavy atom. The van der Waals surface area contributed by atoms with Gasteiger partial charge >= 0.3 is 0 Å². The zero-order valence-corrected chi connectivity index (χ0v) is 12.6. The Balaban J connectivity index is 1.68. The summed E-state index contributed by atoms with van der Waals surface area (Å²) in [4.78, 5) is 24.2. The molecule has 2 heterocycles. The van der Waals surface area contributed by atoms with Crippen molar-refractivity contribution >= 4 is 23.4 Å². The predicted octanol–water partition coefficient (Wildman–Crippen LogP) is 1.89. The summed E-state index contributed by atoms with van der Waals surface area (Å²) in [7, 11) is 0. The van der Waals surface area contributed by atoms with Crippen LogP contribution in [-0.4, -0.2) is 47.0 Å². The number of carbonyl (C=O) groups is 1. The minimum absolute atomic E-state index is 0.133. The van der Waals surface area contributed by atoms with Crippen LogP contribution in [-0.2, 0) is 4.79 Å². The maximum absolute atomic E-state index is 11.4. The van der Waals surface area contributed by atoms with E-state index in [0.29, 0.717) is 5.95 Å². The minimum Gasteiger partial charge on any atom is -0.353 e. The van der Waals surface area contributed by atoms with Crippen LogP contribution >= 0.6 is 0 Å². The number of nitrogens with zero attached hydrogens (tertiary/aromatic N) is 4. The van der Waals surface area contributed by atoms with Gasteiger partial charge in [-0.15, -0.1) is 0 Å². The molecule has 3 rings (SSSR count). The van der Waals surface area contributed by atoms with Crippen LogP contribution in [0.2, 0.25) is 0 Å². The molecule has 1 fully saturated rings. The van der Waals surface area contributed by atoms with Crippen molar-refractivity contribution in [1.29, 1.82) is 0 Å². The summed E-state index contributed by atoms with van der Waals surface area (Å²) in [5, 5.41) is 3.20. The number of para-hydroxylation sites is 1. The van der Waals surface area contributed by atoms with Gasteiger partial charge in [-0.3, -0.25) is 4.79 Å². The summed E-state index contributed by atoms with van der Waals surface area (Å²) in [5.41, 5.74) is 0.959. The Morgan fingerprint density at radius 2 is 1.82 bits per heavy atom. The van der Waals surface area contributed by atoms with Crippen molar-refractivity contribution in [2.45, 2.75) is 6.92 Å². The fourth-order valence-electron chi connectivity index (χ4n) is 2.49. The molecule has 6 nitrogen and oxygen atoms in total. The Kier molecular flexibility index (Phi) is 4.18. The molecule has 1 aromatic heterocycles. The normalized spacial score (nSPS) is 14.8. The first kappa shape index (κ1) is 14.3. The van der Waals surface area contributed by atoms with Gasteiger partial charge in [0.2, 0.25) is 11.9 Å². The highest BCUT2D eigenvalue weighted by Crippen LogP contribution is 2.17. The molecular weight excluding hydrogens is 278 g/mol. The largest absolute Gasteiger partial charge is 0.353 e. The Hall–Kier alpha value is -2.63. The average molecular weight is 297 g/mol. The zero-order chi connectivity index (χ0) is 15.4. The third kappa shape index (κ3) is 3.33. The standard InChI is InChI=1S/C16H19N5O/c1-13(22)20-9-11-21(12-10-20)15-7-8-17-16(19-15)18-14-5-3-2-4-6-14/h2-8H,9-12H2,1H3,(H,17,18,19). The molecule has 22 heavy (non-hydrogen) atoms. The molecular formula is C16H19N5O. The van der Waals surface area contributed by atoms with Crippen LogP contribution in [0.25, 0.3) is 0 Å². The molecule has 0 bridgehead atoms. The topological polar surface area (TPSA) is 61.4 Å². The van der Waals surface area contributed by atoms with E-state index in [4.69, 9.17) is 0 Å². The summed E-state index contributed by atoms with van der Waals surface area (Å²) in [5.74, 6) is 1.60. The molecule has 0 unspecified atom stereocenters. The Bertz CT molecular complexity index is 638. The molecule has 2 aromatic rings. The molecule has 0 aliphatic carbocycles. The van der Waals surface area contributed by atoms with E-state index >= 15 is 0 Å². The van der Waals surface area contributed by atoms with Crippen LogP contribution in [0.1, 0.15) is 6.92 Å². The number of hydrogen-bond acceptors (Lipinski definition) is 5. The van der Waals surface area contributed by atoms with Gasteiger partial charge in [-0.05, 0) is 18.2 Å². The Labute approximate surface area is 129 Å². The van der Waals surface area contributed by atoms with Crippen LogP contribution in [0, 0.1) is 0 Å². The van der Waals surface area contributed by atoms with Crippen LogP contribution in [0.5, 0.6) is 0 Å². The number of hydrogen-bond donors (Lipinski definition) is 1. The van der Waals surface area contributed by atoms with E-state index in [2.05, 4.69) is 20.2 Å². The number of anilines is 3. The van der Waals surface area contributed by atoms with Crippen LogP contribution in [0.3, 0.4) is 0 Å². The predicted molar refractivity (Wildman–Crippen MR) is 86.2 cm³/mol. The summed E-state index contributed by atoms with van der Waals surface area (Å²) in [6.45, 7) is 4.67. The van der Waals surface area contributed by atoms with Crippen molar-refractivity contribution in [3.63, 3.8) is 0 Å². The fourth-order valence-corrected chi connectivity index (χ4v) is 2.49. The maximum Gasteiger partial charge on any atom is 0.229 e. The van der Waals surface area contributed by atoms with Gasteiger partial charge in [0, 0.05) is 45.0 Å². The lowest BCUT2D eigenvalue weighted by atomic mass is 10.3. The number of piperazine rings is 1. The molecule has 1 aromatic carbocycles. The first-order chi connectivity index (χ1) is 10.7. The molecule has 0 atom stereocenters. The number of nitrogens with one attached hydrogen (secondary N) is 1. The second-order valence-corrected chi connectivity index (χ2v) is 5.22. The monoisotopic (exact) mass is 297 g/mol. The van der Waals surface area contributed by atoms with Crippen LogP contribution in [0.15, 0.2) is 42.6 Å². The maximum atomic E-state index is 11.4. The lowest BCUT2D eigenvalue weighted by molar-refractivity contribution is -0.129. The number of benzene rings is 1. The van der Waals surface area contributed by atoms with E-state index in [0.717, 1.165) is 37.7 Å². The van der Waals surface area contributed by atoms with E-state index in [1.165, 1.54) is 0 Å². The first-order valence-corrected chi connectivity index (χ1v) is 7.38. The smallest absolute Gasteiger partial charge is 0.229 e. The van der Waals surface area contributed by atoms with Gasteiger partial charge in [-0.2, -0.15) is 4.98 Å². The third-order valence-corrected chi connectivity index (χ3v) is 3.72. The lowest BCUT2D eigenvalue weighted by Crippen LogP contribution is -2.48. The van der Waals surface area contributed by atoms with E-state index in [-0.39, 0.29) is 5.91 Å². The number of rotatable bonds is 3. The summed E-state index contributed by atoms with van der Waals surface area (Å²) in [6.07, 6.45) is 1.75. The lowest BCUT2D eigenvalue weighted by Gasteiger charge is -2.34. The van der Waals surface area contributed by atoms with Crippen molar-refractivity contribution in [3.8, 4) is 0 Å². The van der Waals surface area contributed by atoms with Gasteiger partial charge in [0.1, 0.15) is 5.82 Å². The number of carbonyl (C=O) groups excluding carboxylic acids is 1. The molecule has 0 radical (unpaired) electrons. The van der Waals surface area contributed by atoms with Gasteiger partial charge in [0.15, 0.2) is 0 Å². The number of aromatic nitrogens is 2. The molecule has 1 N–H and O–H groups in total. The molecule has 1 aliphatic rings. The van der Waals surface area contributed by atoms with Gasteiger partial charge in [0.25, 0.3) is 0 Å². The van der Waals surface area contributed by atoms with E-state index in [1.54, 1.807) is 13.1 Å². The van der Waals surface area contributed by atoms with Crippen molar-refractivity contribution in [1.82, 2.24) is 14.9 Å². The molecule has 0 saturated carbocycles. The SMILES string of the molecule is CC(=O)N1CCN(c2ccnc(Nc3ccccc3)n2)CC1. The average Bonchev–Trinajstić information content (AvgIpc) is 2.56. The highest BCUT2D eigenvalue weighted by molar-refractivity contribution is 5.73. The van der Waals surface area contributed by atoms with Gasteiger partial charge in [0.05, 0.1) is 0 Å². The fraction of sp³-hybridized carbons (Fsp3) is 0.312. The Morgan fingerprint density at radius 3 is 2.50 bits per heavy atom. The summed E-state index contributed by atoms with van der Waals surface area (Å²) in [6, 6.07) is 11.8. The second-order valence-electron chi connectivity index (χ2n) is 5.22. The number of amides is 1. The zero-order valence-electron chi connectivity index (χ0n) is 12.6. The van der Waals surface area contributed by atoms with E-state index in [1.807, 2.05) is 41.3 Å². The highest BCUT2D eigenvalue weighted by Gasteiger charge is 2.19. The minimum atomic E-state index is 0.133. The molecule has 6 heteroatoms. The quantitative estimate of drug-likeness (QED) is 0.937. The first-order valence-electron chi connectivity index (χ1n) is 7.38. The molecule has 1 amide bonds. The highest BCUT2D eigenvalue weighted by atomic mass is 16.2. The molecule has 1 aliphatic heterocycles. The van der Waals surface area contributed by atoms with Gasteiger partial charge < -0.3 is 15.1 Å². The van der Waals surface area contributed by atoms with E-state index in [9.17, 15) is 4.79 Å². The summed E-state index contributed by atoms with van der Waals surface area (Å²) < 4.78 is 0. The van der Waals surface area contributed by atoms with Crippen molar-refractivity contribution < 1.29 is 4.79 Å². The second kappa shape index (κ2) is 6.43. The molecule has 114 valence electrons. The summed E-state index contributed by atoms with van der Waals surface area (Å²) >= 11 is 0.